The van der Waals surface area contributed by atoms with Crippen molar-refractivity contribution in [3.8, 4) is 0 Å². The van der Waals surface area contributed by atoms with Crippen molar-refractivity contribution in [1.82, 2.24) is 19.8 Å². The summed E-state index contributed by atoms with van der Waals surface area (Å²) < 4.78 is 47.2. The van der Waals surface area contributed by atoms with Crippen LogP contribution in [0.3, 0.4) is 0 Å². The van der Waals surface area contributed by atoms with Crippen molar-refractivity contribution in [2.75, 3.05) is 18.8 Å². The van der Waals surface area contributed by atoms with E-state index in [1.54, 1.807) is 20.8 Å². The number of aromatic nitrogens is 2. The van der Waals surface area contributed by atoms with Crippen LogP contribution in [0.1, 0.15) is 51.7 Å². The number of rotatable bonds is 7. The predicted molar refractivity (Wildman–Crippen MR) is 157 cm³/mol. The summed E-state index contributed by atoms with van der Waals surface area (Å²) in [6, 6.07) is 5.32. The summed E-state index contributed by atoms with van der Waals surface area (Å²) in [7, 11) is -3.58. The van der Waals surface area contributed by atoms with Gasteiger partial charge in [-0.05, 0) is 70.0 Å². The summed E-state index contributed by atoms with van der Waals surface area (Å²) >= 11 is 12.7. The van der Waals surface area contributed by atoms with Gasteiger partial charge in [-0.3, -0.25) is 14.3 Å². The van der Waals surface area contributed by atoms with Crippen molar-refractivity contribution in [2.24, 2.45) is 0 Å². The number of halogens is 3. The average molecular weight is 628 g/mol. The first-order valence-electron chi connectivity index (χ1n) is 13.3. The molecule has 41 heavy (non-hydrogen) atoms. The molecule has 1 aromatic heterocycles. The maximum atomic E-state index is 15.4. The van der Waals surface area contributed by atoms with Crippen molar-refractivity contribution < 1.29 is 22.3 Å². The first kappa shape index (κ1) is 31.2. The quantitative estimate of drug-likeness (QED) is 0.385. The lowest BCUT2D eigenvalue weighted by molar-refractivity contribution is 0.0470. The molecule has 222 valence electrons. The van der Waals surface area contributed by atoms with E-state index in [9.17, 15) is 18.0 Å². The summed E-state index contributed by atoms with van der Waals surface area (Å²) in [6.45, 7) is 8.09. The average Bonchev–Trinajstić information content (AvgIpc) is 2.87. The van der Waals surface area contributed by atoms with Crippen LogP contribution in [0.2, 0.25) is 10.0 Å². The topological polar surface area (TPSA) is 111 Å². The minimum atomic E-state index is -3.58. The maximum absolute atomic E-state index is 15.4. The number of nitrogens with one attached hydrogen (secondary N) is 1. The van der Waals surface area contributed by atoms with Crippen molar-refractivity contribution >= 4 is 50.0 Å². The van der Waals surface area contributed by atoms with Crippen LogP contribution in [-0.4, -0.2) is 59.4 Å². The molecular formula is C28H33Cl2FN4O5S. The van der Waals surface area contributed by atoms with Crippen molar-refractivity contribution in [1.29, 1.82) is 0 Å². The monoisotopic (exact) mass is 626 g/mol. The largest absolute Gasteiger partial charge is 0.444 e. The minimum absolute atomic E-state index is 0.0243. The highest BCUT2D eigenvalue weighted by molar-refractivity contribution is 7.91. The number of likely N-dealkylation sites (tertiary alicyclic amines) is 1. The Labute approximate surface area is 248 Å². The van der Waals surface area contributed by atoms with Crippen LogP contribution < -0.4 is 10.9 Å². The molecule has 1 saturated heterocycles. The lowest BCUT2D eigenvalue weighted by Gasteiger charge is -2.33. The Kier molecular flexibility index (Phi) is 9.32. The number of amides is 1. The number of hydrogen-bond acceptors (Lipinski definition) is 7. The predicted octanol–water partition coefficient (Wildman–Crippen LogP) is 5.17. The number of hydrogen-bond donors (Lipinski definition) is 1. The third kappa shape index (κ3) is 7.38. The SMILES string of the molecule is CCS(=O)(=O)c1ccc(Cl)cc1Cn1cnc2c(Cl)c(CN3CCC[C@@H](NC(=O)OC(C)(C)C)C3)c(F)cc2c1=O. The Bertz CT molecular complexity index is 1640. The second-order valence-electron chi connectivity index (χ2n) is 11.1. The Morgan fingerprint density at radius 1 is 1.22 bits per heavy atom. The molecule has 0 radical (unpaired) electrons. The molecule has 0 unspecified atom stereocenters. The Hall–Kier alpha value is -2.73. The Morgan fingerprint density at radius 3 is 2.63 bits per heavy atom. The number of piperidine rings is 1. The zero-order chi connectivity index (χ0) is 30.1. The fourth-order valence-corrected chi connectivity index (χ4v) is 6.46. The van der Waals surface area contributed by atoms with Gasteiger partial charge in [0.15, 0.2) is 9.84 Å². The molecule has 3 aromatic rings. The normalized spacial score (nSPS) is 16.6. The van der Waals surface area contributed by atoms with E-state index in [0.29, 0.717) is 23.7 Å². The van der Waals surface area contributed by atoms with Gasteiger partial charge in [0, 0.05) is 29.7 Å². The molecule has 13 heteroatoms. The number of carbonyl (C=O) groups excluding carboxylic acids is 1. The second kappa shape index (κ2) is 12.2. The van der Waals surface area contributed by atoms with Gasteiger partial charge in [-0.25, -0.2) is 22.6 Å². The van der Waals surface area contributed by atoms with E-state index in [2.05, 4.69) is 10.3 Å². The first-order valence-corrected chi connectivity index (χ1v) is 15.7. The summed E-state index contributed by atoms with van der Waals surface area (Å²) in [5.41, 5.74) is -0.507. The van der Waals surface area contributed by atoms with Gasteiger partial charge in [-0.2, -0.15) is 0 Å². The summed E-state index contributed by atoms with van der Waals surface area (Å²) in [5.74, 6) is -0.774. The van der Waals surface area contributed by atoms with Crippen LogP contribution in [0.25, 0.3) is 10.9 Å². The van der Waals surface area contributed by atoms with Gasteiger partial charge in [0.05, 0.1) is 39.4 Å². The first-order chi connectivity index (χ1) is 19.2. The molecule has 0 saturated carbocycles. The highest BCUT2D eigenvalue weighted by atomic mass is 35.5. The standard InChI is InChI=1S/C28H33Cl2FN4O5S/c1-5-41(38,39)23-9-8-18(29)11-17(23)13-35-16-32-25-20(26(35)36)12-22(31)21(24(25)30)15-34-10-6-7-19(14-34)33-27(37)40-28(2,3)4/h8-9,11-12,16,19H,5-7,10,13-15H2,1-4H3,(H,33,37)/t19-/m1/s1. The number of sulfone groups is 1. The van der Waals surface area contributed by atoms with Gasteiger partial charge in [0.1, 0.15) is 11.4 Å². The molecule has 1 aliphatic rings. The molecule has 1 aliphatic heterocycles. The molecule has 1 amide bonds. The molecule has 0 bridgehead atoms. The van der Waals surface area contributed by atoms with E-state index in [-0.39, 0.29) is 51.3 Å². The van der Waals surface area contributed by atoms with E-state index in [1.165, 1.54) is 36.0 Å². The molecule has 1 N–H and O–H groups in total. The minimum Gasteiger partial charge on any atom is -0.444 e. The molecular weight excluding hydrogens is 594 g/mol. The van der Waals surface area contributed by atoms with Gasteiger partial charge in [0.2, 0.25) is 0 Å². The number of nitrogens with zero attached hydrogens (tertiary/aromatic N) is 3. The highest BCUT2D eigenvalue weighted by Gasteiger charge is 2.26. The molecule has 0 spiro atoms. The smallest absolute Gasteiger partial charge is 0.407 e. The Morgan fingerprint density at radius 2 is 1.95 bits per heavy atom. The van der Waals surface area contributed by atoms with E-state index in [4.69, 9.17) is 27.9 Å². The number of fused-ring (bicyclic) bond motifs is 1. The van der Waals surface area contributed by atoms with Crippen molar-refractivity contribution in [3.63, 3.8) is 0 Å². The number of carbonyl (C=O) groups is 1. The van der Waals surface area contributed by atoms with Gasteiger partial charge in [-0.15, -0.1) is 0 Å². The van der Waals surface area contributed by atoms with E-state index in [0.717, 1.165) is 18.9 Å². The van der Waals surface area contributed by atoms with E-state index in [1.807, 2.05) is 4.90 Å². The molecule has 2 heterocycles. The number of benzene rings is 2. The van der Waals surface area contributed by atoms with Gasteiger partial charge >= 0.3 is 6.09 Å². The van der Waals surface area contributed by atoms with Crippen LogP contribution in [0.4, 0.5) is 9.18 Å². The second-order valence-corrected chi connectivity index (χ2v) is 14.2. The van der Waals surface area contributed by atoms with Crippen molar-refractivity contribution in [3.05, 3.63) is 67.9 Å². The Balaban J connectivity index is 1.59. The molecule has 2 aromatic carbocycles. The molecule has 1 atom stereocenters. The highest BCUT2D eigenvalue weighted by Crippen LogP contribution is 2.29. The summed E-state index contributed by atoms with van der Waals surface area (Å²) in [5, 5.41) is 3.20. The molecule has 9 nitrogen and oxygen atoms in total. The van der Waals surface area contributed by atoms with Gasteiger partial charge < -0.3 is 10.1 Å². The van der Waals surface area contributed by atoms with Crippen LogP contribution in [0, 0.1) is 5.82 Å². The van der Waals surface area contributed by atoms with Crippen LogP contribution in [0.15, 0.2) is 40.3 Å². The fourth-order valence-electron chi connectivity index (χ4n) is 4.86. The number of ether oxygens (including phenoxy) is 1. The summed E-state index contributed by atoms with van der Waals surface area (Å²) in [4.78, 5) is 32.0. The lowest BCUT2D eigenvalue weighted by atomic mass is 10.0. The molecule has 4 rings (SSSR count). The molecule has 0 aliphatic carbocycles. The van der Waals surface area contributed by atoms with Crippen molar-refractivity contribution in [2.45, 2.75) is 70.2 Å². The van der Waals surface area contributed by atoms with Gasteiger partial charge in [-0.1, -0.05) is 30.1 Å². The van der Waals surface area contributed by atoms with E-state index < -0.39 is 32.9 Å². The third-order valence-corrected chi connectivity index (χ3v) is 9.26. The van der Waals surface area contributed by atoms with Crippen LogP contribution in [0.5, 0.6) is 0 Å². The molecule has 1 fully saturated rings. The van der Waals surface area contributed by atoms with E-state index >= 15 is 4.39 Å². The van der Waals surface area contributed by atoms with Crippen LogP contribution in [-0.2, 0) is 27.7 Å². The maximum Gasteiger partial charge on any atom is 0.407 e. The number of alkyl carbamates (subject to hydrolysis) is 1. The summed E-state index contributed by atoms with van der Waals surface area (Å²) in [6.07, 6.45) is 2.31. The lowest BCUT2D eigenvalue weighted by Crippen LogP contribution is -2.48. The zero-order valence-corrected chi connectivity index (χ0v) is 25.7. The fraction of sp³-hybridized carbons (Fsp3) is 0.464. The zero-order valence-electron chi connectivity index (χ0n) is 23.3. The van der Waals surface area contributed by atoms with Gasteiger partial charge in [0.25, 0.3) is 5.56 Å². The third-order valence-electron chi connectivity index (χ3n) is 6.79. The van der Waals surface area contributed by atoms with Crippen LogP contribution >= 0.6 is 23.2 Å².